The van der Waals surface area contributed by atoms with Crippen molar-refractivity contribution in [3.63, 3.8) is 0 Å². The lowest BCUT2D eigenvalue weighted by Gasteiger charge is -2.20. The van der Waals surface area contributed by atoms with Gasteiger partial charge in [-0.25, -0.2) is 8.78 Å². The predicted octanol–water partition coefficient (Wildman–Crippen LogP) is 4.48. The van der Waals surface area contributed by atoms with Gasteiger partial charge in [0.2, 0.25) is 5.91 Å². The summed E-state index contributed by atoms with van der Waals surface area (Å²) >= 11 is 0. The van der Waals surface area contributed by atoms with Crippen molar-refractivity contribution in [1.29, 1.82) is 0 Å². The summed E-state index contributed by atoms with van der Waals surface area (Å²) in [4.78, 5) is 22.5. The molecule has 30 heavy (non-hydrogen) atoms. The third-order valence-electron chi connectivity index (χ3n) is 5.03. The summed E-state index contributed by atoms with van der Waals surface area (Å²) < 4.78 is 28.2. The highest BCUT2D eigenvalue weighted by atomic mass is 19.1. The number of rotatable bonds is 6. The fourth-order valence-corrected chi connectivity index (χ4v) is 3.40. The van der Waals surface area contributed by atoms with Crippen LogP contribution in [0.2, 0.25) is 0 Å². The Morgan fingerprint density at radius 2 is 2.03 bits per heavy atom. The Morgan fingerprint density at radius 1 is 1.17 bits per heavy atom. The first-order chi connectivity index (χ1) is 14.5. The van der Waals surface area contributed by atoms with E-state index < -0.39 is 17.6 Å². The third-order valence-corrected chi connectivity index (χ3v) is 5.03. The number of nitrogens with zero attached hydrogens (tertiary/aromatic N) is 3. The highest BCUT2D eigenvalue weighted by molar-refractivity contribution is 6.12. The summed E-state index contributed by atoms with van der Waals surface area (Å²) in [6.07, 6.45) is 3.85. The molecule has 1 amide bonds. The minimum absolute atomic E-state index is 0.286. The number of likely N-dealkylation sites (N-methyl/N-ethyl adjacent to an activating group) is 1. The molecule has 1 N–H and O–H groups in total. The number of halogens is 2. The molecule has 1 unspecified atom stereocenters. The Hall–Kier alpha value is -3.61. The van der Waals surface area contributed by atoms with Gasteiger partial charge in [0.25, 0.3) is 0 Å². The zero-order chi connectivity index (χ0) is 21.1. The molecule has 5 nitrogen and oxygen atoms in total. The fourth-order valence-electron chi connectivity index (χ4n) is 3.40. The van der Waals surface area contributed by atoms with Crippen molar-refractivity contribution >= 4 is 29.2 Å². The quantitative estimate of drug-likeness (QED) is 0.614. The summed E-state index contributed by atoms with van der Waals surface area (Å²) in [6.45, 7) is 0.612. The number of aliphatic imine (C=N–C) groups is 1. The number of pyridine rings is 1. The summed E-state index contributed by atoms with van der Waals surface area (Å²) in [7, 11) is 1.82. The summed E-state index contributed by atoms with van der Waals surface area (Å²) in [5.41, 5.74) is 2.87. The van der Waals surface area contributed by atoms with Gasteiger partial charge >= 0.3 is 0 Å². The van der Waals surface area contributed by atoms with Crippen LogP contribution >= 0.6 is 0 Å². The molecule has 152 valence electrons. The van der Waals surface area contributed by atoms with Gasteiger partial charge in [0.05, 0.1) is 11.4 Å². The number of aromatic nitrogens is 1. The molecule has 2 aromatic carbocycles. The zero-order valence-corrected chi connectivity index (χ0v) is 16.3. The number of carbonyl (C=O) groups is 1. The molecule has 4 rings (SSSR count). The molecule has 0 fully saturated rings. The predicted molar refractivity (Wildman–Crippen MR) is 114 cm³/mol. The number of anilines is 2. The van der Waals surface area contributed by atoms with Crippen LogP contribution in [-0.2, 0) is 11.2 Å². The maximum Gasteiger partial charge on any atom is 0.237 e. The van der Waals surface area contributed by atoms with Crippen LogP contribution < -0.4 is 10.2 Å². The number of benzene rings is 2. The molecule has 0 spiro atoms. The van der Waals surface area contributed by atoms with Crippen molar-refractivity contribution in [3.05, 3.63) is 83.7 Å². The van der Waals surface area contributed by atoms with Crippen molar-refractivity contribution in [3.8, 4) is 0 Å². The molecule has 0 saturated carbocycles. The highest BCUT2D eigenvalue weighted by Gasteiger charge is 2.29. The van der Waals surface area contributed by atoms with Gasteiger partial charge in [0.1, 0.15) is 17.6 Å². The number of nitrogens with one attached hydrogen (secondary N) is 1. The average molecular weight is 406 g/mol. The van der Waals surface area contributed by atoms with E-state index in [0.29, 0.717) is 35.6 Å². The van der Waals surface area contributed by atoms with Crippen molar-refractivity contribution in [2.24, 2.45) is 4.99 Å². The minimum atomic E-state index is -0.709. The summed E-state index contributed by atoms with van der Waals surface area (Å²) in [5, 5.41) is 2.69. The largest absolute Gasteiger partial charge is 0.372 e. The van der Waals surface area contributed by atoms with Crippen molar-refractivity contribution in [1.82, 2.24) is 4.98 Å². The van der Waals surface area contributed by atoms with E-state index in [4.69, 9.17) is 0 Å². The molecule has 1 atom stereocenters. The first-order valence-corrected chi connectivity index (χ1v) is 9.56. The van der Waals surface area contributed by atoms with E-state index in [1.54, 1.807) is 18.3 Å². The Labute approximate surface area is 173 Å². The Kier molecular flexibility index (Phi) is 5.52. The van der Waals surface area contributed by atoms with Crippen molar-refractivity contribution in [2.45, 2.75) is 12.3 Å². The van der Waals surface area contributed by atoms with Crippen LogP contribution in [0.3, 0.4) is 0 Å². The molecular formula is C23H20F2N4O. The number of hydrogen-bond acceptors (Lipinski definition) is 4. The highest BCUT2D eigenvalue weighted by Crippen LogP contribution is 2.32. The van der Waals surface area contributed by atoms with E-state index in [-0.39, 0.29) is 5.91 Å². The van der Waals surface area contributed by atoms with E-state index in [1.807, 2.05) is 30.1 Å². The number of carbonyl (C=O) groups excluding carboxylic acids is 1. The number of fused-ring (bicyclic) bond motifs is 1. The average Bonchev–Trinajstić information content (AvgIpc) is 3.05. The molecule has 0 radical (unpaired) electrons. The van der Waals surface area contributed by atoms with Crippen LogP contribution in [-0.4, -0.2) is 30.7 Å². The first-order valence-electron chi connectivity index (χ1n) is 9.56. The molecule has 7 heteroatoms. The van der Waals surface area contributed by atoms with E-state index in [1.165, 1.54) is 30.5 Å². The molecule has 1 aliphatic rings. The molecule has 0 saturated heterocycles. The van der Waals surface area contributed by atoms with Gasteiger partial charge in [-0.1, -0.05) is 6.07 Å². The third kappa shape index (κ3) is 4.20. The van der Waals surface area contributed by atoms with E-state index in [2.05, 4.69) is 15.3 Å². The van der Waals surface area contributed by atoms with Crippen LogP contribution in [0.25, 0.3) is 0 Å². The van der Waals surface area contributed by atoms with Crippen LogP contribution in [0.1, 0.15) is 17.2 Å². The SMILES string of the molecule is CN(CCc1ccccn1)c1ccc(N=CC2C(=O)Nc3ccc(F)cc32)cc1F. The lowest BCUT2D eigenvalue weighted by atomic mass is 10.0. The fraction of sp³-hybridized carbons (Fsp3) is 0.174. The number of amides is 1. The summed E-state index contributed by atoms with van der Waals surface area (Å²) in [5.74, 6) is -1.83. The molecular weight excluding hydrogens is 386 g/mol. The van der Waals surface area contributed by atoms with Gasteiger partial charge in [0, 0.05) is 49.9 Å². The normalized spacial score (nSPS) is 15.3. The van der Waals surface area contributed by atoms with Gasteiger partial charge in [-0.05, 0) is 48.0 Å². The minimum Gasteiger partial charge on any atom is -0.372 e. The van der Waals surface area contributed by atoms with Crippen LogP contribution in [0, 0.1) is 11.6 Å². The molecule has 1 aromatic heterocycles. The standard InChI is InChI=1S/C23H20F2N4O/c1-29(11-9-16-4-2-3-10-26-16)22-8-6-17(13-20(22)25)27-14-19-18-12-15(24)5-7-21(18)28-23(19)30/h2-8,10,12-14,19H,9,11H2,1H3,(H,28,30). The zero-order valence-electron chi connectivity index (χ0n) is 16.3. The second-order valence-electron chi connectivity index (χ2n) is 7.11. The second-order valence-corrected chi connectivity index (χ2v) is 7.11. The molecule has 2 heterocycles. The summed E-state index contributed by atoms with van der Waals surface area (Å²) in [6, 6.07) is 14.5. The van der Waals surface area contributed by atoms with Crippen LogP contribution in [0.4, 0.5) is 25.8 Å². The Balaban J connectivity index is 1.46. The molecule has 0 aliphatic carbocycles. The second kappa shape index (κ2) is 8.41. The topological polar surface area (TPSA) is 57.6 Å². The van der Waals surface area contributed by atoms with Gasteiger partial charge < -0.3 is 10.2 Å². The lowest BCUT2D eigenvalue weighted by Crippen LogP contribution is -2.21. The lowest BCUT2D eigenvalue weighted by molar-refractivity contribution is -0.115. The number of hydrogen-bond donors (Lipinski definition) is 1. The molecule has 0 bridgehead atoms. The van der Waals surface area contributed by atoms with Crippen molar-refractivity contribution < 1.29 is 13.6 Å². The molecule has 1 aliphatic heterocycles. The monoisotopic (exact) mass is 406 g/mol. The van der Waals surface area contributed by atoms with E-state index in [0.717, 1.165) is 5.69 Å². The smallest absolute Gasteiger partial charge is 0.237 e. The Morgan fingerprint density at radius 3 is 2.80 bits per heavy atom. The maximum absolute atomic E-state index is 14.6. The van der Waals surface area contributed by atoms with E-state index in [9.17, 15) is 13.6 Å². The Bertz CT molecular complexity index is 1100. The van der Waals surface area contributed by atoms with Gasteiger partial charge in [-0.15, -0.1) is 0 Å². The van der Waals surface area contributed by atoms with Crippen molar-refractivity contribution in [2.75, 3.05) is 23.8 Å². The van der Waals surface area contributed by atoms with Gasteiger partial charge in [0.15, 0.2) is 0 Å². The van der Waals surface area contributed by atoms with E-state index >= 15 is 0 Å². The van der Waals surface area contributed by atoms with Crippen LogP contribution in [0.5, 0.6) is 0 Å². The first kappa shape index (κ1) is 19.7. The van der Waals surface area contributed by atoms with Gasteiger partial charge in [-0.3, -0.25) is 14.8 Å². The molecule has 3 aromatic rings. The van der Waals surface area contributed by atoms with Crippen LogP contribution in [0.15, 0.2) is 65.8 Å². The maximum atomic E-state index is 14.6. The van der Waals surface area contributed by atoms with Gasteiger partial charge in [-0.2, -0.15) is 0 Å².